The smallest absolute Gasteiger partial charge is 0.140 e. The summed E-state index contributed by atoms with van der Waals surface area (Å²) in [6.07, 6.45) is 8.40. The highest BCUT2D eigenvalue weighted by atomic mass is 16.1. The number of fused-ring (bicyclic) bond motifs is 1. The number of hydrogen-bond acceptors (Lipinski definition) is 1. The Kier molecular flexibility index (Phi) is 1.05. The number of Topliss-reactive ketones (excluding diaryl/α,β-unsaturated/α-hetero) is 1. The molecule has 2 fully saturated rings. The van der Waals surface area contributed by atoms with Crippen molar-refractivity contribution >= 4 is 5.78 Å². The van der Waals surface area contributed by atoms with E-state index in [1.807, 2.05) is 0 Å². The molecule has 3 unspecified atom stereocenters. The van der Waals surface area contributed by atoms with Crippen molar-refractivity contribution in [2.75, 3.05) is 0 Å². The van der Waals surface area contributed by atoms with Gasteiger partial charge in [0.25, 0.3) is 0 Å². The van der Waals surface area contributed by atoms with Gasteiger partial charge in [0, 0.05) is 23.2 Å². The molecule has 2 saturated carbocycles. The summed E-state index contributed by atoms with van der Waals surface area (Å²) >= 11 is 0. The van der Waals surface area contributed by atoms with Crippen LogP contribution in [0.25, 0.3) is 0 Å². The lowest BCUT2D eigenvalue weighted by atomic mass is 9.87. The van der Waals surface area contributed by atoms with Crippen molar-refractivity contribution in [2.24, 2.45) is 16.7 Å². The minimum absolute atomic E-state index is 0.0272. The van der Waals surface area contributed by atoms with Crippen molar-refractivity contribution < 1.29 is 4.79 Å². The Morgan fingerprint density at radius 3 is 3.00 bits per heavy atom. The third kappa shape index (κ3) is 0.525. The van der Waals surface area contributed by atoms with Gasteiger partial charge in [-0.2, -0.15) is 0 Å². The van der Waals surface area contributed by atoms with Gasteiger partial charge in [0.2, 0.25) is 0 Å². The molecule has 3 rings (SSSR count). The highest BCUT2D eigenvalue weighted by molar-refractivity contribution is 5.94. The maximum Gasteiger partial charge on any atom is 0.140 e. The van der Waals surface area contributed by atoms with Gasteiger partial charge < -0.3 is 0 Å². The number of carbonyl (C=O) groups is 1. The standard InChI is InChI=1S/C12H14O/c1-8-4-3-5-9-11(2)10(13)6-7-12(8,9)11/h3-5,9H,6-7H2,1-2H3. The van der Waals surface area contributed by atoms with Crippen LogP contribution in [0.1, 0.15) is 26.7 Å². The predicted molar refractivity (Wildman–Crippen MR) is 51.2 cm³/mol. The van der Waals surface area contributed by atoms with Gasteiger partial charge in [-0.1, -0.05) is 30.7 Å². The quantitative estimate of drug-likeness (QED) is 0.551. The summed E-state index contributed by atoms with van der Waals surface area (Å²) < 4.78 is 0. The van der Waals surface area contributed by atoms with Gasteiger partial charge in [0.15, 0.2) is 0 Å². The Bertz CT molecular complexity index is 363. The fourth-order valence-electron chi connectivity index (χ4n) is 3.81. The zero-order chi connectivity index (χ0) is 9.27. The minimum atomic E-state index is -0.0272. The van der Waals surface area contributed by atoms with Crippen molar-refractivity contribution in [1.82, 2.24) is 0 Å². The number of hydrogen-bond donors (Lipinski definition) is 0. The van der Waals surface area contributed by atoms with E-state index in [1.165, 1.54) is 5.57 Å². The molecule has 0 aromatic carbocycles. The summed E-state index contributed by atoms with van der Waals surface area (Å²) in [5.74, 6) is 1.00. The average molecular weight is 174 g/mol. The zero-order valence-corrected chi connectivity index (χ0v) is 8.13. The van der Waals surface area contributed by atoms with Gasteiger partial charge >= 0.3 is 0 Å². The molecule has 0 N–H and O–H groups in total. The number of ketones is 1. The molecule has 13 heavy (non-hydrogen) atoms. The SMILES string of the molecule is CC1=CC=CC2C3(C)C(=O)CCC123. The van der Waals surface area contributed by atoms with Crippen LogP contribution in [0.5, 0.6) is 0 Å². The predicted octanol–water partition coefficient (Wildman–Crippen LogP) is 2.49. The molecule has 0 aromatic rings. The van der Waals surface area contributed by atoms with Crippen LogP contribution in [-0.4, -0.2) is 5.78 Å². The molecule has 0 aliphatic heterocycles. The average Bonchev–Trinajstić information content (AvgIpc) is 2.56. The van der Waals surface area contributed by atoms with Crippen LogP contribution in [0.4, 0.5) is 0 Å². The van der Waals surface area contributed by atoms with E-state index >= 15 is 0 Å². The Labute approximate surface area is 78.5 Å². The van der Waals surface area contributed by atoms with E-state index in [9.17, 15) is 4.79 Å². The lowest BCUT2D eigenvalue weighted by Gasteiger charge is -2.16. The molecule has 0 radical (unpaired) electrons. The largest absolute Gasteiger partial charge is 0.299 e. The molecule has 1 spiro atoms. The number of rotatable bonds is 0. The van der Waals surface area contributed by atoms with Crippen LogP contribution >= 0.6 is 0 Å². The van der Waals surface area contributed by atoms with E-state index < -0.39 is 0 Å². The fourth-order valence-corrected chi connectivity index (χ4v) is 3.81. The lowest BCUT2D eigenvalue weighted by molar-refractivity contribution is -0.122. The van der Waals surface area contributed by atoms with E-state index in [1.54, 1.807) is 0 Å². The molecule has 0 aromatic heterocycles. The van der Waals surface area contributed by atoms with Crippen LogP contribution in [0.2, 0.25) is 0 Å². The molecule has 3 atom stereocenters. The van der Waals surface area contributed by atoms with E-state index in [-0.39, 0.29) is 10.8 Å². The van der Waals surface area contributed by atoms with E-state index in [4.69, 9.17) is 0 Å². The highest BCUT2D eigenvalue weighted by Crippen LogP contribution is 2.80. The summed E-state index contributed by atoms with van der Waals surface area (Å²) in [5, 5.41) is 0. The second kappa shape index (κ2) is 1.82. The maximum absolute atomic E-state index is 11.8. The molecule has 1 heteroatoms. The molecule has 3 aliphatic carbocycles. The Morgan fingerprint density at radius 1 is 1.54 bits per heavy atom. The lowest BCUT2D eigenvalue weighted by Crippen LogP contribution is -2.11. The Balaban J connectivity index is 2.18. The number of carbonyl (C=O) groups excluding carboxylic acids is 1. The summed E-state index contributed by atoms with van der Waals surface area (Å²) in [5.41, 5.74) is 1.65. The summed E-state index contributed by atoms with van der Waals surface area (Å²) in [4.78, 5) is 11.8. The molecule has 0 bridgehead atoms. The minimum Gasteiger partial charge on any atom is -0.299 e. The van der Waals surface area contributed by atoms with Gasteiger partial charge in [0.1, 0.15) is 5.78 Å². The Hall–Kier alpha value is -0.850. The summed E-state index contributed by atoms with van der Waals surface area (Å²) in [7, 11) is 0. The number of allylic oxidation sites excluding steroid dienone is 4. The normalized spacial score (nSPS) is 51.4. The van der Waals surface area contributed by atoms with Crippen LogP contribution in [-0.2, 0) is 4.79 Å². The molecule has 3 aliphatic rings. The molecular weight excluding hydrogens is 160 g/mol. The first-order chi connectivity index (χ1) is 6.14. The van der Waals surface area contributed by atoms with Crippen molar-refractivity contribution in [2.45, 2.75) is 26.7 Å². The summed E-state index contributed by atoms with van der Waals surface area (Å²) in [6.45, 7) is 4.33. The first kappa shape index (κ1) is 7.54. The fraction of sp³-hybridized carbons (Fsp3) is 0.583. The van der Waals surface area contributed by atoms with Crippen molar-refractivity contribution in [3.63, 3.8) is 0 Å². The van der Waals surface area contributed by atoms with Gasteiger partial charge in [-0.3, -0.25) is 4.79 Å². The molecule has 0 heterocycles. The third-order valence-corrected chi connectivity index (χ3v) is 4.68. The van der Waals surface area contributed by atoms with Crippen molar-refractivity contribution in [1.29, 1.82) is 0 Å². The Morgan fingerprint density at radius 2 is 2.31 bits per heavy atom. The van der Waals surface area contributed by atoms with Gasteiger partial charge in [0.05, 0.1) is 0 Å². The van der Waals surface area contributed by atoms with Gasteiger partial charge in [-0.25, -0.2) is 0 Å². The molecular formula is C12H14O. The van der Waals surface area contributed by atoms with Crippen LogP contribution < -0.4 is 0 Å². The van der Waals surface area contributed by atoms with Crippen LogP contribution in [0, 0.1) is 16.7 Å². The van der Waals surface area contributed by atoms with Crippen molar-refractivity contribution in [3.8, 4) is 0 Å². The maximum atomic E-state index is 11.8. The van der Waals surface area contributed by atoms with Crippen molar-refractivity contribution in [3.05, 3.63) is 23.8 Å². The second-order valence-corrected chi connectivity index (χ2v) is 4.81. The third-order valence-electron chi connectivity index (χ3n) is 4.68. The molecule has 68 valence electrons. The zero-order valence-electron chi connectivity index (χ0n) is 8.13. The first-order valence-electron chi connectivity index (χ1n) is 5.03. The monoisotopic (exact) mass is 174 g/mol. The molecule has 1 nitrogen and oxygen atoms in total. The van der Waals surface area contributed by atoms with Crippen LogP contribution in [0.15, 0.2) is 23.8 Å². The highest BCUT2D eigenvalue weighted by Gasteiger charge is 2.79. The van der Waals surface area contributed by atoms with E-state index in [0.29, 0.717) is 11.7 Å². The molecule has 0 amide bonds. The van der Waals surface area contributed by atoms with E-state index in [2.05, 4.69) is 32.1 Å². The van der Waals surface area contributed by atoms with Crippen LogP contribution in [0.3, 0.4) is 0 Å². The first-order valence-corrected chi connectivity index (χ1v) is 5.03. The van der Waals surface area contributed by atoms with Gasteiger partial charge in [-0.15, -0.1) is 0 Å². The molecule has 0 saturated heterocycles. The topological polar surface area (TPSA) is 17.1 Å². The second-order valence-electron chi connectivity index (χ2n) is 4.81. The van der Waals surface area contributed by atoms with Gasteiger partial charge in [-0.05, 0) is 13.3 Å². The summed E-state index contributed by atoms with van der Waals surface area (Å²) in [6, 6.07) is 0. The van der Waals surface area contributed by atoms with E-state index in [0.717, 1.165) is 12.8 Å².